The quantitative estimate of drug-likeness (QED) is 0.114. The van der Waals surface area contributed by atoms with Crippen LogP contribution in [0, 0.1) is 11.3 Å². The van der Waals surface area contributed by atoms with Crippen molar-refractivity contribution in [2.45, 2.75) is 79.1 Å². The second-order valence-corrected chi connectivity index (χ2v) is 7.45. The Morgan fingerprint density at radius 1 is 1.03 bits per heavy atom. The van der Waals surface area contributed by atoms with Crippen molar-refractivity contribution in [2.75, 3.05) is 13.2 Å². The van der Waals surface area contributed by atoms with Crippen molar-refractivity contribution >= 4 is 17.9 Å². The first kappa shape index (κ1) is 24.9. The van der Waals surface area contributed by atoms with Gasteiger partial charge in [-0.1, -0.05) is 38.7 Å². The minimum atomic E-state index is -1.42. The smallest absolute Gasteiger partial charge is 0.323 e. The molecule has 0 radical (unpaired) electrons. The van der Waals surface area contributed by atoms with Crippen LogP contribution < -0.4 is 0 Å². The third kappa shape index (κ3) is 6.72. The van der Waals surface area contributed by atoms with Gasteiger partial charge in [-0.25, -0.2) is 0 Å². The summed E-state index contributed by atoms with van der Waals surface area (Å²) in [6.45, 7) is 11.1. The van der Waals surface area contributed by atoms with Crippen molar-refractivity contribution in [2.24, 2.45) is 11.3 Å². The summed E-state index contributed by atoms with van der Waals surface area (Å²) in [5.74, 6) is -1.30. The highest BCUT2D eigenvalue weighted by Gasteiger charge is 2.56. The van der Waals surface area contributed by atoms with Gasteiger partial charge in [0.2, 0.25) is 0 Å². The Kier molecular flexibility index (Phi) is 10.7. The van der Waals surface area contributed by atoms with E-state index < -0.39 is 23.3 Å². The molecule has 6 nitrogen and oxygen atoms in total. The summed E-state index contributed by atoms with van der Waals surface area (Å²) in [5.41, 5.74) is -0.653. The van der Waals surface area contributed by atoms with Gasteiger partial charge in [0.05, 0.1) is 13.2 Å². The molecule has 0 N–H and O–H groups in total. The molecule has 0 spiro atoms. The second kappa shape index (κ2) is 12.5. The molecule has 0 aromatic heterocycles. The summed E-state index contributed by atoms with van der Waals surface area (Å²) in [6, 6.07) is 0. The third-order valence-corrected chi connectivity index (χ3v) is 5.26. The molecule has 0 bridgehead atoms. The first-order valence-corrected chi connectivity index (χ1v) is 10.7. The van der Waals surface area contributed by atoms with Crippen LogP contribution in [0.2, 0.25) is 0 Å². The van der Waals surface area contributed by atoms with E-state index in [0.29, 0.717) is 12.2 Å². The molecule has 1 fully saturated rings. The lowest BCUT2D eigenvalue weighted by Crippen LogP contribution is -2.40. The zero-order valence-corrected chi connectivity index (χ0v) is 18.4. The fourth-order valence-corrected chi connectivity index (χ4v) is 3.83. The van der Waals surface area contributed by atoms with Crippen LogP contribution in [0.15, 0.2) is 24.0 Å². The van der Waals surface area contributed by atoms with E-state index in [1.807, 2.05) is 0 Å². The number of rotatable bonds is 12. The maximum Gasteiger partial charge on any atom is 0.323 e. The van der Waals surface area contributed by atoms with E-state index in [1.54, 1.807) is 19.9 Å². The zero-order chi connectivity index (χ0) is 21.9. The molecule has 1 unspecified atom stereocenters. The topological polar surface area (TPSA) is 78.9 Å². The molecule has 6 heteroatoms. The number of carbonyl (C=O) groups excluding carboxylic acids is 3. The molecule has 1 aliphatic carbocycles. The monoisotopic (exact) mass is 408 g/mol. The molecule has 1 rings (SSSR count). The average Bonchev–Trinajstić information content (AvgIpc) is 3.08. The van der Waals surface area contributed by atoms with Crippen LogP contribution in [0.1, 0.15) is 79.1 Å². The van der Waals surface area contributed by atoms with Gasteiger partial charge in [-0.3, -0.25) is 14.4 Å². The fourth-order valence-electron chi connectivity index (χ4n) is 3.83. The Bertz CT molecular complexity index is 601. The summed E-state index contributed by atoms with van der Waals surface area (Å²) >= 11 is 0. The lowest BCUT2D eigenvalue weighted by atomic mass is 9.85. The van der Waals surface area contributed by atoms with E-state index in [1.165, 1.54) is 13.3 Å². The molecule has 0 amide bonds. The highest BCUT2D eigenvalue weighted by atomic mass is 16.6. The maximum atomic E-state index is 12.8. The first-order chi connectivity index (χ1) is 13.9. The summed E-state index contributed by atoms with van der Waals surface area (Å²) in [7, 11) is 0. The van der Waals surface area contributed by atoms with Crippen molar-refractivity contribution in [1.82, 2.24) is 0 Å². The van der Waals surface area contributed by atoms with Gasteiger partial charge < -0.3 is 14.2 Å². The van der Waals surface area contributed by atoms with Crippen LogP contribution in [-0.2, 0) is 28.6 Å². The largest absolute Gasteiger partial charge is 0.465 e. The van der Waals surface area contributed by atoms with E-state index in [-0.39, 0.29) is 32.0 Å². The van der Waals surface area contributed by atoms with Crippen molar-refractivity contribution in [1.29, 1.82) is 0 Å². The van der Waals surface area contributed by atoms with Crippen LogP contribution in [0.4, 0.5) is 0 Å². The molecule has 29 heavy (non-hydrogen) atoms. The predicted molar refractivity (Wildman–Crippen MR) is 111 cm³/mol. The Morgan fingerprint density at radius 2 is 1.62 bits per heavy atom. The summed E-state index contributed by atoms with van der Waals surface area (Å²) < 4.78 is 16.0. The van der Waals surface area contributed by atoms with Gasteiger partial charge in [-0.2, -0.15) is 0 Å². The number of esters is 3. The standard InChI is InChI=1S/C23H36O6/c1-6-10-11-12-13-14-20(29-17(5)24)19-16-23(15-18(19)7-2,21(25)27-8-3)22(26)28-9-4/h7,18H,2,6,8-16H2,1,3-5H3/b20-19+. The third-order valence-electron chi connectivity index (χ3n) is 5.26. The van der Waals surface area contributed by atoms with Crippen molar-refractivity contribution in [3.8, 4) is 0 Å². The van der Waals surface area contributed by atoms with E-state index in [2.05, 4.69) is 13.5 Å². The molecule has 0 saturated heterocycles. The molecule has 0 aromatic rings. The van der Waals surface area contributed by atoms with Gasteiger partial charge in [0.1, 0.15) is 5.76 Å². The Hall–Kier alpha value is -2.11. The first-order valence-electron chi connectivity index (χ1n) is 10.7. The summed E-state index contributed by atoms with van der Waals surface area (Å²) in [6.07, 6.45) is 7.98. The molecular formula is C23H36O6. The highest BCUT2D eigenvalue weighted by molar-refractivity contribution is 6.01. The van der Waals surface area contributed by atoms with Crippen molar-refractivity contribution in [3.63, 3.8) is 0 Å². The van der Waals surface area contributed by atoms with E-state index in [9.17, 15) is 14.4 Å². The van der Waals surface area contributed by atoms with Crippen LogP contribution in [0.25, 0.3) is 0 Å². The fraction of sp³-hybridized carbons (Fsp3) is 0.696. The number of unbranched alkanes of at least 4 members (excludes halogenated alkanes) is 4. The van der Waals surface area contributed by atoms with E-state index in [0.717, 1.165) is 31.3 Å². The maximum absolute atomic E-state index is 12.8. The molecule has 0 heterocycles. The van der Waals surface area contributed by atoms with Gasteiger partial charge in [0.15, 0.2) is 5.41 Å². The van der Waals surface area contributed by atoms with Gasteiger partial charge in [0.25, 0.3) is 0 Å². The highest BCUT2D eigenvalue weighted by Crippen LogP contribution is 2.49. The number of carbonyl (C=O) groups is 3. The Morgan fingerprint density at radius 3 is 2.10 bits per heavy atom. The number of ether oxygens (including phenoxy) is 3. The average molecular weight is 409 g/mol. The molecule has 1 atom stereocenters. The molecule has 1 saturated carbocycles. The zero-order valence-electron chi connectivity index (χ0n) is 18.4. The normalized spacial score (nSPS) is 19.4. The lowest BCUT2D eigenvalue weighted by molar-refractivity contribution is -0.171. The molecule has 1 aliphatic rings. The van der Waals surface area contributed by atoms with E-state index in [4.69, 9.17) is 14.2 Å². The predicted octanol–water partition coefficient (Wildman–Crippen LogP) is 4.87. The SMILES string of the molecule is C=CC1CC(C(=O)OCC)(C(=O)OCC)C/C1=C(/CCCCCCC)OC(C)=O. The number of hydrogen-bond acceptors (Lipinski definition) is 6. The van der Waals surface area contributed by atoms with E-state index >= 15 is 0 Å². The van der Waals surface area contributed by atoms with Gasteiger partial charge in [-0.15, -0.1) is 6.58 Å². The van der Waals surface area contributed by atoms with Gasteiger partial charge >= 0.3 is 17.9 Å². The number of allylic oxidation sites excluding steroid dienone is 3. The van der Waals surface area contributed by atoms with Crippen LogP contribution in [0.3, 0.4) is 0 Å². The summed E-state index contributed by atoms with van der Waals surface area (Å²) in [4.78, 5) is 37.3. The second-order valence-electron chi connectivity index (χ2n) is 7.45. The van der Waals surface area contributed by atoms with Crippen LogP contribution in [-0.4, -0.2) is 31.1 Å². The molecule has 0 aliphatic heterocycles. The molecule has 0 aromatic carbocycles. The van der Waals surface area contributed by atoms with Crippen LogP contribution >= 0.6 is 0 Å². The molecular weight excluding hydrogens is 372 g/mol. The van der Waals surface area contributed by atoms with Gasteiger partial charge in [-0.05, 0) is 38.7 Å². The lowest BCUT2D eigenvalue weighted by Gasteiger charge is -2.24. The summed E-state index contributed by atoms with van der Waals surface area (Å²) in [5, 5.41) is 0. The van der Waals surface area contributed by atoms with Crippen molar-refractivity contribution < 1.29 is 28.6 Å². The number of hydrogen-bond donors (Lipinski definition) is 0. The Balaban J connectivity index is 3.24. The van der Waals surface area contributed by atoms with Crippen molar-refractivity contribution in [3.05, 3.63) is 24.0 Å². The van der Waals surface area contributed by atoms with Crippen LogP contribution in [0.5, 0.6) is 0 Å². The minimum absolute atomic E-state index is 0.124. The minimum Gasteiger partial charge on any atom is -0.465 e. The molecule has 164 valence electrons. The van der Waals surface area contributed by atoms with Gasteiger partial charge in [0, 0.05) is 19.3 Å². The Labute approximate surface area is 174 Å².